The van der Waals surface area contributed by atoms with Gasteiger partial charge in [-0.05, 0) is 61.4 Å². The summed E-state index contributed by atoms with van der Waals surface area (Å²) in [4.78, 5) is 24.2. The first-order chi connectivity index (χ1) is 14.5. The topological polar surface area (TPSA) is 102 Å². The van der Waals surface area contributed by atoms with Crippen LogP contribution in [0.4, 0.5) is 0 Å². The molecule has 0 saturated heterocycles. The van der Waals surface area contributed by atoms with Gasteiger partial charge >= 0.3 is 5.97 Å². The third kappa shape index (κ3) is 6.32. The van der Waals surface area contributed by atoms with E-state index in [1.165, 1.54) is 0 Å². The molecular weight excluding hydrogens is 380 g/mol. The standard InChI is InChI=1S/C24H30N2O4/c25-15-18-6-10-20(11-7-18)23(27)26-22(24(28)29)14-17-8-12-21(13-9-17)30-16-19-4-2-1-3-5-19/h1-5,8-9,12-13,18,20,22H,6-7,10-11,14-16,25H2,(H,26,27)(H,28,29)/t18?,20?,22-/m0/s1. The van der Waals surface area contributed by atoms with E-state index in [-0.39, 0.29) is 18.2 Å². The minimum absolute atomic E-state index is 0.122. The lowest BCUT2D eigenvalue weighted by molar-refractivity contribution is -0.142. The van der Waals surface area contributed by atoms with Crippen molar-refractivity contribution >= 4 is 11.9 Å². The number of benzene rings is 2. The van der Waals surface area contributed by atoms with Gasteiger partial charge in [0, 0.05) is 12.3 Å². The molecule has 1 aliphatic carbocycles. The molecular formula is C24H30N2O4. The Morgan fingerprint density at radius 2 is 1.67 bits per heavy atom. The van der Waals surface area contributed by atoms with Crippen LogP contribution in [0.2, 0.25) is 0 Å². The summed E-state index contributed by atoms with van der Waals surface area (Å²) in [6.45, 7) is 1.12. The Hall–Kier alpha value is -2.86. The monoisotopic (exact) mass is 410 g/mol. The number of carbonyl (C=O) groups is 2. The van der Waals surface area contributed by atoms with E-state index in [1.54, 1.807) is 0 Å². The number of hydrogen-bond donors (Lipinski definition) is 3. The number of rotatable bonds is 9. The van der Waals surface area contributed by atoms with E-state index in [0.29, 0.717) is 19.1 Å². The Morgan fingerprint density at radius 3 is 2.27 bits per heavy atom. The molecule has 0 spiro atoms. The van der Waals surface area contributed by atoms with Crippen LogP contribution in [-0.4, -0.2) is 29.6 Å². The fourth-order valence-electron chi connectivity index (χ4n) is 3.85. The van der Waals surface area contributed by atoms with E-state index >= 15 is 0 Å². The van der Waals surface area contributed by atoms with Crippen molar-refractivity contribution < 1.29 is 19.4 Å². The number of aliphatic carboxylic acids is 1. The van der Waals surface area contributed by atoms with Gasteiger partial charge in [0.25, 0.3) is 0 Å². The normalized spacial score (nSPS) is 19.6. The summed E-state index contributed by atoms with van der Waals surface area (Å²) in [5, 5.41) is 12.3. The van der Waals surface area contributed by atoms with Gasteiger partial charge in [0.05, 0.1) is 0 Å². The maximum Gasteiger partial charge on any atom is 0.326 e. The fourth-order valence-corrected chi connectivity index (χ4v) is 3.85. The van der Waals surface area contributed by atoms with Crippen molar-refractivity contribution in [2.24, 2.45) is 17.6 Å². The lowest BCUT2D eigenvalue weighted by Crippen LogP contribution is -2.45. The molecule has 0 radical (unpaired) electrons. The predicted octanol–water partition coefficient (Wildman–Crippen LogP) is 3.14. The lowest BCUT2D eigenvalue weighted by Gasteiger charge is -2.27. The molecule has 0 aliphatic heterocycles. The van der Waals surface area contributed by atoms with Crippen molar-refractivity contribution in [2.75, 3.05) is 6.54 Å². The van der Waals surface area contributed by atoms with E-state index in [0.717, 1.165) is 42.6 Å². The second-order valence-electron chi connectivity index (χ2n) is 7.98. The molecule has 6 nitrogen and oxygen atoms in total. The molecule has 0 unspecified atom stereocenters. The summed E-state index contributed by atoms with van der Waals surface area (Å²) in [5.74, 6) is -0.116. The van der Waals surface area contributed by atoms with Crippen LogP contribution in [0.1, 0.15) is 36.8 Å². The highest BCUT2D eigenvalue weighted by Crippen LogP contribution is 2.28. The SMILES string of the molecule is NCC1CCC(C(=O)N[C@@H](Cc2ccc(OCc3ccccc3)cc2)C(=O)O)CC1. The van der Waals surface area contributed by atoms with Crippen molar-refractivity contribution in [1.82, 2.24) is 5.32 Å². The molecule has 4 N–H and O–H groups in total. The lowest BCUT2D eigenvalue weighted by atomic mass is 9.81. The number of ether oxygens (including phenoxy) is 1. The maximum atomic E-state index is 12.5. The van der Waals surface area contributed by atoms with Gasteiger partial charge in [-0.3, -0.25) is 4.79 Å². The van der Waals surface area contributed by atoms with Gasteiger partial charge in [-0.1, -0.05) is 42.5 Å². The third-order valence-electron chi connectivity index (χ3n) is 5.78. The van der Waals surface area contributed by atoms with Crippen LogP contribution in [0.3, 0.4) is 0 Å². The molecule has 1 amide bonds. The van der Waals surface area contributed by atoms with Crippen molar-refractivity contribution in [3.63, 3.8) is 0 Å². The first kappa shape index (κ1) is 21.8. The Labute approximate surface area is 177 Å². The Kier molecular flexibility index (Phi) is 7.85. The first-order valence-electron chi connectivity index (χ1n) is 10.5. The number of nitrogens with one attached hydrogen (secondary N) is 1. The molecule has 2 aromatic rings. The van der Waals surface area contributed by atoms with E-state index in [1.807, 2.05) is 54.6 Å². The number of nitrogens with two attached hydrogens (primary N) is 1. The minimum atomic E-state index is -1.02. The van der Waals surface area contributed by atoms with Gasteiger partial charge in [-0.15, -0.1) is 0 Å². The van der Waals surface area contributed by atoms with Gasteiger partial charge < -0.3 is 20.9 Å². The molecule has 0 heterocycles. The van der Waals surface area contributed by atoms with Crippen molar-refractivity contribution in [3.8, 4) is 5.75 Å². The van der Waals surface area contributed by atoms with Crippen LogP contribution in [0.15, 0.2) is 54.6 Å². The van der Waals surface area contributed by atoms with E-state index in [2.05, 4.69) is 5.32 Å². The highest BCUT2D eigenvalue weighted by molar-refractivity contribution is 5.85. The Morgan fingerprint density at radius 1 is 1.00 bits per heavy atom. The van der Waals surface area contributed by atoms with Gasteiger partial charge in [0.2, 0.25) is 5.91 Å². The van der Waals surface area contributed by atoms with Crippen LogP contribution >= 0.6 is 0 Å². The van der Waals surface area contributed by atoms with E-state index in [9.17, 15) is 14.7 Å². The average molecular weight is 411 g/mol. The van der Waals surface area contributed by atoms with Crippen LogP contribution in [-0.2, 0) is 22.6 Å². The average Bonchev–Trinajstić information content (AvgIpc) is 2.78. The molecule has 1 fully saturated rings. The predicted molar refractivity (Wildman–Crippen MR) is 115 cm³/mol. The van der Waals surface area contributed by atoms with Crippen molar-refractivity contribution in [1.29, 1.82) is 0 Å². The van der Waals surface area contributed by atoms with Crippen LogP contribution < -0.4 is 15.8 Å². The quantitative estimate of drug-likeness (QED) is 0.589. The summed E-state index contributed by atoms with van der Waals surface area (Å²) in [6, 6.07) is 16.3. The number of carboxylic acid groups (broad SMARTS) is 1. The van der Waals surface area contributed by atoms with Crippen LogP contribution in [0.5, 0.6) is 5.75 Å². The molecule has 6 heteroatoms. The van der Waals surface area contributed by atoms with E-state index in [4.69, 9.17) is 10.5 Å². The number of hydrogen-bond acceptors (Lipinski definition) is 4. The second kappa shape index (κ2) is 10.8. The zero-order chi connectivity index (χ0) is 21.3. The highest BCUT2D eigenvalue weighted by atomic mass is 16.5. The van der Waals surface area contributed by atoms with Crippen LogP contribution in [0.25, 0.3) is 0 Å². The van der Waals surface area contributed by atoms with Gasteiger partial charge in [-0.25, -0.2) is 4.79 Å². The summed E-state index contributed by atoms with van der Waals surface area (Å²) < 4.78 is 5.77. The zero-order valence-electron chi connectivity index (χ0n) is 17.1. The number of carbonyl (C=O) groups excluding carboxylic acids is 1. The smallest absolute Gasteiger partial charge is 0.326 e. The molecule has 0 bridgehead atoms. The van der Waals surface area contributed by atoms with Crippen molar-refractivity contribution in [3.05, 3.63) is 65.7 Å². The molecule has 3 rings (SSSR count). The third-order valence-corrected chi connectivity index (χ3v) is 5.78. The molecule has 0 aromatic heterocycles. The van der Waals surface area contributed by atoms with Crippen LogP contribution in [0, 0.1) is 11.8 Å². The summed E-state index contributed by atoms with van der Waals surface area (Å²) in [5.41, 5.74) is 7.62. The minimum Gasteiger partial charge on any atom is -0.489 e. The zero-order valence-corrected chi connectivity index (χ0v) is 17.1. The largest absolute Gasteiger partial charge is 0.489 e. The number of amides is 1. The fraction of sp³-hybridized carbons (Fsp3) is 0.417. The molecule has 160 valence electrons. The summed E-state index contributed by atoms with van der Waals surface area (Å²) in [7, 11) is 0. The molecule has 1 aliphatic rings. The van der Waals surface area contributed by atoms with Crippen molar-refractivity contribution in [2.45, 2.75) is 44.8 Å². The highest BCUT2D eigenvalue weighted by Gasteiger charge is 2.29. The summed E-state index contributed by atoms with van der Waals surface area (Å²) >= 11 is 0. The number of carboxylic acids is 1. The van der Waals surface area contributed by atoms with Gasteiger partial charge in [-0.2, -0.15) is 0 Å². The Balaban J connectivity index is 1.52. The molecule has 1 atom stereocenters. The molecule has 30 heavy (non-hydrogen) atoms. The first-order valence-corrected chi connectivity index (χ1v) is 10.5. The molecule has 1 saturated carbocycles. The maximum absolute atomic E-state index is 12.5. The Bertz CT molecular complexity index is 815. The van der Waals surface area contributed by atoms with E-state index < -0.39 is 12.0 Å². The molecule has 2 aromatic carbocycles. The van der Waals surface area contributed by atoms with Gasteiger partial charge in [0.15, 0.2) is 0 Å². The summed E-state index contributed by atoms with van der Waals surface area (Å²) in [6.07, 6.45) is 3.63. The second-order valence-corrected chi connectivity index (χ2v) is 7.98. The van der Waals surface area contributed by atoms with Gasteiger partial charge in [0.1, 0.15) is 18.4 Å².